The standard InChI is InChI=1S/C17H14N4O2/c22-16(21-11-13-5-9-18-10-6-13)15-4-2-8-20-17(15)23-14-3-1-7-19-12-14/h1-10,12H,11H2,(H,21,22). The predicted molar refractivity (Wildman–Crippen MR) is 84.0 cm³/mol. The highest BCUT2D eigenvalue weighted by molar-refractivity contribution is 5.96. The fraction of sp³-hybridized carbons (Fsp3) is 0.0588. The Morgan fingerprint density at radius 3 is 2.61 bits per heavy atom. The minimum Gasteiger partial charge on any atom is -0.437 e. The SMILES string of the molecule is O=C(NCc1ccncc1)c1cccnc1Oc1cccnc1. The molecule has 3 aromatic heterocycles. The molecule has 0 aliphatic rings. The summed E-state index contributed by atoms with van der Waals surface area (Å²) in [6, 6.07) is 10.5. The van der Waals surface area contributed by atoms with Crippen LogP contribution in [0.4, 0.5) is 0 Å². The van der Waals surface area contributed by atoms with E-state index in [1.165, 1.54) is 0 Å². The maximum atomic E-state index is 12.4. The van der Waals surface area contributed by atoms with Gasteiger partial charge < -0.3 is 10.1 Å². The van der Waals surface area contributed by atoms with E-state index >= 15 is 0 Å². The average molecular weight is 306 g/mol. The summed E-state index contributed by atoms with van der Waals surface area (Å²) in [4.78, 5) is 24.4. The average Bonchev–Trinajstić information content (AvgIpc) is 2.62. The first-order chi connectivity index (χ1) is 11.3. The van der Waals surface area contributed by atoms with Crippen LogP contribution < -0.4 is 10.1 Å². The van der Waals surface area contributed by atoms with Crippen molar-refractivity contribution < 1.29 is 9.53 Å². The summed E-state index contributed by atoms with van der Waals surface area (Å²) in [5.41, 5.74) is 1.33. The van der Waals surface area contributed by atoms with Crippen molar-refractivity contribution >= 4 is 5.91 Å². The third-order valence-electron chi connectivity index (χ3n) is 3.07. The first kappa shape index (κ1) is 14.6. The lowest BCUT2D eigenvalue weighted by Gasteiger charge is -2.10. The Labute approximate surface area is 133 Å². The maximum Gasteiger partial charge on any atom is 0.257 e. The first-order valence-electron chi connectivity index (χ1n) is 7.03. The van der Waals surface area contributed by atoms with Crippen LogP contribution in [0.1, 0.15) is 15.9 Å². The van der Waals surface area contributed by atoms with E-state index < -0.39 is 0 Å². The number of carbonyl (C=O) groups excluding carboxylic acids is 1. The van der Waals surface area contributed by atoms with Gasteiger partial charge in [-0.25, -0.2) is 4.98 Å². The number of nitrogens with zero attached hydrogens (tertiary/aromatic N) is 3. The van der Waals surface area contributed by atoms with Crippen molar-refractivity contribution in [3.63, 3.8) is 0 Å². The molecule has 0 unspecified atom stereocenters. The zero-order valence-corrected chi connectivity index (χ0v) is 12.2. The van der Waals surface area contributed by atoms with Crippen LogP contribution in [0.3, 0.4) is 0 Å². The van der Waals surface area contributed by atoms with Gasteiger partial charge in [0.2, 0.25) is 5.88 Å². The highest BCUT2D eigenvalue weighted by Crippen LogP contribution is 2.21. The second-order valence-corrected chi connectivity index (χ2v) is 4.69. The van der Waals surface area contributed by atoms with Crippen molar-refractivity contribution in [2.45, 2.75) is 6.54 Å². The van der Waals surface area contributed by atoms with Crippen molar-refractivity contribution in [1.82, 2.24) is 20.3 Å². The lowest BCUT2D eigenvalue weighted by molar-refractivity contribution is 0.0948. The van der Waals surface area contributed by atoms with Crippen LogP contribution in [-0.2, 0) is 6.54 Å². The van der Waals surface area contributed by atoms with Gasteiger partial charge in [0.05, 0.1) is 6.20 Å². The summed E-state index contributed by atoms with van der Waals surface area (Å²) < 4.78 is 5.64. The summed E-state index contributed by atoms with van der Waals surface area (Å²) in [5.74, 6) is 0.510. The van der Waals surface area contributed by atoms with Crippen molar-refractivity contribution in [1.29, 1.82) is 0 Å². The molecule has 0 aliphatic carbocycles. The van der Waals surface area contributed by atoms with E-state index in [1.54, 1.807) is 55.2 Å². The van der Waals surface area contributed by atoms with Gasteiger partial charge in [0.1, 0.15) is 11.3 Å². The Morgan fingerprint density at radius 1 is 1.00 bits per heavy atom. The number of aromatic nitrogens is 3. The fourth-order valence-corrected chi connectivity index (χ4v) is 1.94. The van der Waals surface area contributed by atoms with Crippen LogP contribution in [0.15, 0.2) is 67.4 Å². The Hall–Kier alpha value is -3.28. The summed E-state index contributed by atoms with van der Waals surface area (Å²) in [5, 5.41) is 2.84. The number of hydrogen-bond donors (Lipinski definition) is 1. The van der Waals surface area contributed by atoms with Crippen molar-refractivity contribution in [3.05, 3.63) is 78.5 Å². The summed E-state index contributed by atoms with van der Waals surface area (Å²) in [6.45, 7) is 0.405. The van der Waals surface area contributed by atoms with E-state index in [0.717, 1.165) is 5.56 Å². The zero-order valence-electron chi connectivity index (χ0n) is 12.2. The van der Waals surface area contributed by atoms with E-state index in [2.05, 4.69) is 20.3 Å². The molecule has 0 aromatic carbocycles. The van der Waals surface area contributed by atoms with E-state index in [-0.39, 0.29) is 11.8 Å². The molecule has 6 nitrogen and oxygen atoms in total. The van der Waals surface area contributed by atoms with Crippen LogP contribution in [0.25, 0.3) is 0 Å². The number of carbonyl (C=O) groups is 1. The lowest BCUT2D eigenvalue weighted by atomic mass is 10.2. The summed E-state index contributed by atoms with van der Waals surface area (Å²) in [6.07, 6.45) is 8.15. The molecule has 0 aliphatic heterocycles. The normalized spacial score (nSPS) is 10.1. The van der Waals surface area contributed by atoms with Gasteiger partial charge in [-0.2, -0.15) is 0 Å². The molecule has 23 heavy (non-hydrogen) atoms. The quantitative estimate of drug-likeness (QED) is 0.784. The lowest BCUT2D eigenvalue weighted by Crippen LogP contribution is -2.23. The van der Waals surface area contributed by atoms with E-state index in [1.807, 2.05) is 12.1 Å². The van der Waals surface area contributed by atoms with Crippen LogP contribution in [0, 0.1) is 0 Å². The number of pyridine rings is 3. The minimum absolute atomic E-state index is 0.243. The predicted octanol–water partition coefficient (Wildman–Crippen LogP) is 2.59. The topological polar surface area (TPSA) is 77.0 Å². The van der Waals surface area contributed by atoms with Crippen molar-refractivity contribution in [2.24, 2.45) is 0 Å². The molecule has 1 N–H and O–H groups in total. The van der Waals surface area contributed by atoms with Gasteiger partial charge in [-0.3, -0.25) is 14.8 Å². The molecule has 3 aromatic rings. The molecular weight excluding hydrogens is 292 g/mol. The maximum absolute atomic E-state index is 12.4. The fourth-order valence-electron chi connectivity index (χ4n) is 1.94. The van der Waals surface area contributed by atoms with Gasteiger partial charge in [0.15, 0.2) is 0 Å². The van der Waals surface area contributed by atoms with E-state index in [0.29, 0.717) is 17.9 Å². The van der Waals surface area contributed by atoms with Crippen LogP contribution in [0.2, 0.25) is 0 Å². The Morgan fingerprint density at radius 2 is 1.83 bits per heavy atom. The number of amides is 1. The Bertz CT molecular complexity index is 779. The van der Waals surface area contributed by atoms with E-state index in [4.69, 9.17) is 4.74 Å². The molecule has 0 spiro atoms. The van der Waals surface area contributed by atoms with E-state index in [9.17, 15) is 4.79 Å². The summed E-state index contributed by atoms with van der Waals surface area (Å²) >= 11 is 0. The molecule has 0 bridgehead atoms. The smallest absolute Gasteiger partial charge is 0.257 e. The third-order valence-corrected chi connectivity index (χ3v) is 3.07. The molecule has 0 saturated heterocycles. The third kappa shape index (κ3) is 3.88. The van der Waals surface area contributed by atoms with Crippen molar-refractivity contribution in [3.8, 4) is 11.6 Å². The van der Waals surface area contributed by atoms with Crippen LogP contribution >= 0.6 is 0 Å². The number of rotatable bonds is 5. The summed E-state index contributed by atoms with van der Waals surface area (Å²) in [7, 11) is 0. The van der Waals surface area contributed by atoms with Crippen LogP contribution in [-0.4, -0.2) is 20.9 Å². The number of ether oxygens (including phenoxy) is 1. The largest absolute Gasteiger partial charge is 0.437 e. The molecule has 0 saturated carbocycles. The Balaban J connectivity index is 1.73. The van der Waals surface area contributed by atoms with Crippen LogP contribution in [0.5, 0.6) is 11.6 Å². The number of nitrogens with one attached hydrogen (secondary N) is 1. The monoisotopic (exact) mass is 306 g/mol. The van der Waals surface area contributed by atoms with Crippen molar-refractivity contribution in [2.75, 3.05) is 0 Å². The van der Waals surface area contributed by atoms with Gasteiger partial charge in [0.25, 0.3) is 5.91 Å². The molecule has 3 heterocycles. The molecule has 114 valence electrons. The second-order valence-electron chi connectivity index (χ2n) is 4.69. The van der Waals surface area contributed by atoms with Gasteiger partial charge in [-0.15, -0.1) is 0 Å². The van der Waals surface area contributed by atoms with Gasteiger partial charge in [0, 0.05) is 31.3 Å². The van der Waals surface area contributed by atoms with Gasteiger partial charge in [-0.05, 0) is 42.0 Å². The number of hydrogen-bond acceptors (Lipinski definition) is 5. The highest BCUT2D eigenvalue weighted by Gasteiger charge is 2.14. The molecule has 6 heteroatoms. The van der Waals surface area contributed by atoms with Gasteiger partial charge >= 0.3 is 0 Å². The molecule has 0 radical (unpaired) electrons. The second kappa shape index (κ2) is 7.13. The molecule has 3 rings (SSSR count). The highest BCUT2D eigenvalue weighted by atomic mass is 16.5. The zero-order chi connectivity index (χ0) is 15.9. The minimum atomic E-state index is -0.256. The molecule has 0 fully saturated rings. The molecule has 0 atom stereocenters. The molecule has 1 amide bonds. The Kier molecular flexibility index (Phi) is 4.54. The first-order valence-corrected chi connectivity index (χ1v) is 7.03. The van der Waals surface area contributed by atoms with Gasteiger partial charge in [-0.1, -0.05) is 0 Å². The molecular formula is C17H14N4O2.